The topological polar surface area (TPSA) is 78.2 Å². The second kappa shape index (κ2) is 11.0. The SMILES string of the molecule is C[C@@H]1CN(CC(=O)N2CC(C)(C)c3c2cc(Sc2ccc(F)cc2)c2ncnn32)[C@@H](CN2CCOC[C@H]2C)CN1. The summed E-state index contributed by atoms with van der Waals surface area (Å²) >= 11 is 1.50. The summed E-state index contributed by atoms with van der Waals surface area (Å²) in [5, 5.41) is 8.19. The number of carbonyl (C=O) groups excluding carboxylic acids is 1. The van der Waals surface area contributed by atoms with Gasteiger partial charge in [-0.05, 0) is 44.2 Å². The lowest BCUT2D eigenvalue weighted by molar-refractivity contribution is -0.121. The molecule has 0 bridgehead atoms. The molecular weight excluding hydrogens is 529 g/mol. The molecule has 6 rings (SSSR count). The fraction of sp³-hybridized carbons (Fsp3) is 0.552. The molecule has 3 aliphatic heterocycles. The summed E-state index contributed by atoms with van der Waals surface area (Å²) in [5.41, 5.74) is 2.31. The van der Waals surface area contributed by atoms with E-state index in [1.165, 1.54) is 23.9 Å². The number of rotatable bonds is 6. The average molecular weight is 568 g/mol. The third kappa shape index (κ3) is 5.37. The molecule has 214 valence electrons. The van der Waals surface area contributed by atoms with Crippen molar-refractivity contribution in [1.82, 2.24) is 29.7 Å². The lowest BCUT2D eigenvalue weighted by Crippen LogP contribution is -2.62. The van der Waals surface area contributed by atoms with Crippen LogP contribution in [0.25, 0.3) is 5.65 Å². The third-order valence-corrected chi connectivity index (χ3v) is 9.36. The van der Waals surface area contributed by atoms with Crippen molar-refractivity contribution in [2.75, 3.05) is 57.4 Å². The molecule has 0 aliphatic carbocycles. The van der Waals surface area contributed by atoms with E-state index in [2.05, 4.69) is 59.0 Å². The number of fused-ring (bicyclic) bond motifs is 3. The Kier molecular flexibility index (Phi) is 7.60. The van der Waals surface area contributed by atoms with Gasteiger partial charge in [0.25, 0.3) is 0 Å². The Bertz CT molecular complexity index is 1380. The van der Waals surface area contributed by atoms with E-state index in [0.717, 1.165) is 66.2 Å². The first-order valence-corrected chi connectivity index (χ1v) is 14.9. The zero-order valence-electron chi connectivity index (χ0n) is 23.6. The van der Waals surface area contributed by atoms with Crippen LogP contribution in [0.3, 0.4) is 0 Å². The number of ether oxygens (including phenoxy) is 1. The van der Waals surface area contributed by atoms with Crippen LogP contribution in [0.5, 0.6) is 0 Å². The average Bonchev–Trinajstić information content (AvgIpc) is 3.50. The van der Waals surface area contributed by atoms with Gasteiger partial charge in [-0.1, -0.05) is 25.6 Å². The number of halogens is 1. The number of nitrogens with one attached hydrogen (secondary N) is 1. The highest BCUT2D eigenvalue weighted by Crippen LogP contribution is 2.44. The van der Waals surface area contributed by atoms with E-state index >= 15 is 0 Å². The van der Waals surface area contributed by atoms with Crippen LogP contribution in [-0.4, -0.2) is 101 Å². The first kappa shape index (κ1) is 27.6. The van der Waals surface area contributed by atoms with Crippen LogP contribution < -0.4 is 10.2 Å². The van der Waals surface area contributed by atoms with Crippen molar-refractivity contribution in [2.24, 2.45) is 0 Å². The van der Waals surface area contributed by atoms with Crippen molar-refractivity contribution in [3.8, 4) is 0 Å². The van der Waals surface area contributed by atoms with Gasteiger partial charge in [0.1, 0.15) is 12.1 Å². The molecule has 3 atom stereocenters. The molecule has 2 fully saturated rings. The number of carbonyl (C=O) groups is 1. The summed E-state index contributed by atoms with van der Waals surface area (Å²) in [5.74, 6) is -0.175. The molecule has 1 amide bonds. The second-order valence-electron chi connectivity index (χ2n) is 12.0. The van der Waals surface area contributed by atoms with Crippen LogP contribution in [0.15, 0.2) is 46.5 Å². The standard InChI is InChI=1S/C29H38FN7O2S/c1-19-13-35(22(12-31-19)14-34-9-10-39-16-20(34)2)15-26(38)36-17-29(3,4)27-24(36)11-25(28-32-18-33-37(27)28)40-23-7-5-21(30)6-8-23/h5-8,11,18-20,22,31H,9-10,12-17H2,1-4H3/t19-,20-,22-/m1/s1. The molecule has 0 saturated carbocycles. The smallest absolute Gasteiger partial charge is 0.241 e. The molecule has 1 aromatic carbocycles. The summed E-state index contributed by atoms with van der Waals surface area (Å²) < 4.78 is 21.1. The van der Waals surface area contributed by atoms with Crippen molar-refractivity contribution in [2.45, 2.75) is 61.0 Å². The molecular formula is C29H38FN7O2S. The molecule has 5 heterocycles. The van der Waals surface area contributed by atoms with Crippen LogP contribution >= 0.6 is 11.8 Å². The molecule has 2 aromatic heterocycles. The molecule has 0 unspecified atom stereocenters. The van der Waals surface area contributed by atoms with Crippen LogP contribution in [0.1, 0.15) is 33.4 Å². The minimum atomic E-state index is -0.296. The first-order chi connectivity index (χ1) is 19.2. The Hall–Kier alpha value is -2.57. The molecule has 3 aliphatic rings. The normalized spacial score (nSPS) is 25.4. The van der Waals surface area contributed by atoms with E-state index in [1.54, 1.807) is 18.5 Å². The number of nitrogens with zero attached hydrogens (tertiary/aromatic N) is 6. The summed E-state index contributed by atoms with van der Waals surface area (Å²) in [4.78, 5) is 27.2. The fourth-order valence-electron chi connectivity index (χ4n) is 6.23. The summed E-state index contributed by atoms with van der Waals surface area (Å²) in [7, 11) is 0. The highest BCUT2D eigenvalue weighted by atomic mass is 32.2. The quantitative estimate of drug-likeness (QED) is 0.487. The van der Waals surface area contributed by atoms with Gasteiger partial charge in [-0.15, -0.1) is 0 Å². The Balaban J connectivity index is 1.28. The highest BCUT2D eigenvalue weighted by molar-refractivity contribution is 7.99. The van der Waals surface area contributed by atoms with Crippen LogP contribution in [0.4, 0.5) is 10.1 Å². The zero-order valence-corrected chi connectivity index (χ0v) is 24.5. The number of anilines is 1. The van der Waals surface area contributed by atoms with Gasteiger partial charge in [0, 0.05) is 61.2 Å². The van der Waals surface area contributed by atoms with Crippen molar-refractivity contribution in [1.29, 1.82) is 0 Å². The lowest BCUT2D eigenvalue weighted by Gasteiger charge is -2.43. The van der Waals surface area contributed by atoms with E-state index in [-0.39, 0.29) is 23.2 Å². The molecule has 11 heteroatoms. The van der Waals surface area contributed by atoms with Crippen molar-refractivity contribution >= 4 is 29.0 Å². The molecule has 9 nitrogen and oxygen atoms in total. The van der Waals surface area contributed by atoms with Gasteiger partial charge < -0.3 is 15.0 Å². The van der Waals surface area contributed by atoms with Crippen LogP contribution in [0.2, 0.25) is 0 Å². The Morgan fingerprint density at radius 1 is 1.23 bits per heavy atom. The van der Waals surface area contributed by atoms with E-state index in [4.69, 9.17) is 4.74 Å². The summed E-state index contributed by atoms with van der Waals surface area (Å²) in [6, 6.07) is 9.44. The number of benzene rings is 1. The summed E-state index contributed by atoms with van der Waals surface area (Å²) in [6.07, 6.45) is 1.56. The Morgan fingerprint density at radius 3 is 2.80 bits per heavy atom. The van der Waals surface area contributed by atoms with Gasteiger partial charge in [-0.25, -0.2) is 13.9 Å². The minimum Gasteiger partial charge on any atom is -0.379 e. The zero-order chi connectivity index (χ0) is 28.0. The molecule has 0 radical (unpaired) electrons. The number of pyridine rings is 1. The van der Waals surface area contributed by atoms with Gasteiger partial charge in [-0.2, -0.15) is 5.10 Å². The van der Waals surface area contributed by atoms with Crippen LogP contribution in [-0.2, 0) is 14.9 Å². The van der Waals surface area contributed by atoms with Gasteiger partial charge >= 0.3 is 0 Å². The van der Waals surface area contributed by atoms with Gasteiger partial charge in [0.2, 0.25) is 5.91 Å². The molecule has 2 saturated heterocycles. The monoisotopic (exact) mass is 567 g/mol. The second-order valence-corrected chi connectivity index (χ2v) is 13.1. The molecule has 1 N–H and O–H groups in total. The van der Waals surface area contributed by atoms with E-state index in [1.807, 2.05) is 9.42 Å². The minimum absolute atomic E-state index is 0.0955. The maximum absolute atomic E-state index is 14.1. The van der Waals surface area contributed by atoms with Crippen molar-refractivity contribution in [3.63, 3.8) is 0 Å². The number of hydrogen-bond acceptors (Lipinski definition) is 8. The van der Waals surface area contributed by atoms with E-state index in [0.29, 0.717) is 25.2 Å². The fourth-order valence-corrected chi connectivity index (χ4v) is 7.16. The van der Waals surface area contributed by atoms with Crippen molar-refractivity contribution in [3.05, 3.63) is 48.2 Å². The lowest BCUT2D eigenvalue weighted by atomic mass is 9.91. The Labute approximate surface area is 239 Å². The highest BCUT2D eigenvalue weighted by Gasteiger charge is 2.42. The first-order valence-electron chi connectivity index (χ1n) is 14.1. The van der Waals surface area contributed by atoms with Crippen molar-refractivity contribution < 1.29 is 13.9 Å². The Morgan fingerprint density at radius 2 is 2.02 bits per heavy atom. The summed E-state index contributed by atoms with van der Waals surface area (Å²) in [6.45, 7) is 14.7. The number of amides is 1. The third-order valence-electron chi connectivity index (χ3n) is 8.33. The predicted molar refractivity (Wildman–Crippen MR) is 154 cm³/mol. The largest absolute Gasteiger partial charge is 0.379 e. The van der Waals surface area contributed by atoms with Gasteiger partial charge in [0.15, 0.2) is 5.65 Å². The number of aromatic nitrogens is 3. The van der Waals surface area contributed by atoms with E-state index < -0.39 is 0 Å². The predicted octanol–water partition coefficient (Wildman–Crippen LogP) is 3.03. The van der Waals surface area contributed by atoms with Gasteiger partial charge in [0.05, 0.1) is 36.0 Å². The number of hydrogen-bond donors (Lipinski definition) is 1. The molecule has 0 spiro atoms. The maximum Gasteiger partial charge on any atom is 0.241 e. The number of morpholine rings is 1. The van der Waals surface area contributed by atoms with E-state index in [9.17, 15) is 9.18 Å². The molecule has 40 heavy (non-hydrogen) atoms. The molecule has 3 aromatic rings. The van der Waals surface area contributed by atoms with Gasteiger partial charge in [-0.3, -0.25) is 14.6 Å². The maximum atomic E-state index is 14.1. The number of piperazine rings is 1. The van der Waals surface area contributed by atoms with Crippen LogP contribution in [0, 0.1) is 5.82 Å².